The van der Waals surface area contributed by atoms with Crippen LogP contribution in [0.1, 0.15) is 5.56 Å². The summed E-state index contributed by atoms with van der Waals surface area (Å²) in [6, 6.07) is 16.1. The standard InChI is InChI=1S/C21H13F3N2OS/c22-14-6-8-15(9-7-14)26-20(27)16-3-1-2-4-19(16)25-21(26)28-12-13-5-10-17(23)18(24)11-13/h1-11H,12H2. The van der Waals surface area contributed by atoms with Gasteiger partial charge in [0, 0.05) is 5.75 Å². The van der Waals surface area contributed by atoms with Gasteiger partial charge in [-0.05, 0) is 54.1 Å². The minimum absolute atomic E-state index is 0.281. The van der Waals surface area contributed by atoms with Crippen molar-refractivity contribution in [3.05, 3.63) is 100 Å². The lowest BCUT2D eigenvalue weighted by Crippen LogP contribution is -2.21. The second-order valence-electron chi connectivity index (χ2n) is 6.07. The van der Waals surface area contributed by atoms with Gasteiger partial charge in [0.25, 0.3) is 5.56 Å². The largest absolute Gasteiger partial charge is 0.268 e. The van der Waals surface area contributed by atoms with E-state index in [1.807, 2.05) is 0 Å². The highest BCUT2D eigenvalue weighted by molar-refractivity contribution is 7.98. The highest BCUT2D eigenvalue weighted by Gasteiger charge is 2.14. The Morgan fingerprint density at radius 3 is 2.39 bits per heavy atom. The average Bonchev–Trinajstić information content (AvgIpc) is 2.70. The predicted molar refractivity (Wildman–Crippen MR) is 103 cm³/mol. The molecule has 28 heavy (non-hydrogen) atoms. The molecule has 0 N–H and O–H groups in total. The number of aromatic nitrogens is 2. The lowest BCUT2D eigenvalue weighted by molar-refractivity contribution is 0.507. The van der Waals surface area contributed by atoms with Gasteiger partial charge in [-0.2, -0.15) is 0 Å². The maximum atomic E-state index is 13.5. The van der Waals surface area contributed by atoms with Crippen molar-refractivity contribution < 1.29 is 13.2 Å². The van der Waals surface area contributed by atoms with E-state index in [2.05, 4.69) is 4.98 Å². The molecule has 0 aliphatic rings. The van der Waals surface area contributed by atoms with Crippen LogP contribution in [0.5, 0.6) is 0 Å². The predicted octanol–water partition coefficient (Wildman–Crippen LogP) is 5.10. The average molecular weight is 398 g/mol. The maximum Gasteiger partial charge on any atom is 0.266 e. The van der Waals surface area contributed by atoms with Gasteiger partial charge >= 0.3 is 0 Å². The monoisotopic (exact) mass is 398 g/mol. The van der Waals surface area contributed by atoms with Crippen molar-refractivity contribution in [2.75, 3.05) is 0 Å². The number of benzene rings is 3. The summed E-state index contributed by atoms with van der Waals surface area (Å²) in [6.07, 6.45) is 0. The van der Waals surface area contributed by atoms with Crippen LogP contribution in [0.25, 0.3) is 16.6 Å². The van der Waals surface area contributed by atoms with Crippen molar-refractivity contribution >= 4 is 22.7 Å². The molecule has 0 atom stereocenters. The molecule has 0 fully saturated rings. The minimum atomic E-state index is -0.930. The molecular weight excluding hydrogens is 385 g/mol. The molecular formula is C21H13F3N2OS. The molecule has 0 unspecified atom stereocenters. The quantitative estimate of drug-likeness (QED) is 0.355. The Balaban J connectivity index is 1.81. The van der Waals surface area contributed by atoms with Crippen LogP contribution in [0, 0.1) is 17.5 Å². The topological polar surface area (TPSA) is 34.9 Å². The van der Waals surface area contributed by atoms with E-state index in [-0.39, 0.29) is 11.3 Å². The highest BCUT2D eigenvalue weighted by atomic mass is 32.2. The van der Waals surface area contributed by atoms with E-state index in [0.717, 1.165) is 12.1 Å². The molecule has 0 amide bonds. The lowest BCUT2D eigenvalue weighted by Gasteiger charge is -2.13. The van der Waals surface area contributed by atoms with Crippen LogP contribution in [0.15, 0.2) is 76.7 Å². The van der Waals surface area contributed by atoms with Crippen molar-refractivity contribution in [1.82, 2.24) is 9.55 Å². The molecule has 0 aliphatic heterocycles. The summed E-state index contributed by atoms with van der Waals surface area (Å²) >= 11 is 1.21. The van der Waals surface area contributed by atoms with E-state index in [1.165, 1.54) is 46.7 Å². The minimum Gasteiger partial charge on any atom is -0.268 e. The lowest BCUT2D eigenvalue weighted by atomic mass is 10.2. The zero-order valence-electron chi connectivity index (χ0n) is 14.4. The van der Waals surface area contributed by atoms with E-state index in [9.17, 15) is 18.0 Å². The number of rotatable bonds is 4. The highest BCUT2D eigenvalue weighted by Crippen LogP contribution is 2.25. The molecule has 0 saturated carbocycles. The first kappa shape index (κ1) is 18.3. The van der Waals surface area contributed by atoms with Crippen LogP contribution in [-0.2, 0) is 5.75 Å². The van der Waals surface area contributed by atoms with Gasteiger partial charge in [-0.1, -0.05) is 30.0 Å². The zero-order valence-corrected chi connectivity index (χ0v) is 15.2. The second kappa shape index (κ2) is 7.52. The molecule has 0 saturated heterocycles. The fourth-order valence-corrected chi connectivity index (χ4v) is 3.76. The number of hydrogen-bond donors (Lipinski definition) is 0. The summed E-state index contributed by atoms with van der Waals surface area (Å²) in [7, 11) is 0. The Bertz CT molecular complexity index is 1220. The molecule has 0 radical (unpaired) electrons. The molecule has 3 aromatic carbocycles. The van der Waals surface area contributed by atoms with Crippen LogP contribution in [-0.4, -0.2) is 9.55 Å². The summed E-state index contributed by atoms with van der Waals surface area (Å²) < 4.78 is 41.3. The van der Waals surface area contributed by atoms with Crippen LogP contribution < -0.4 is 5.56 Å². The Kier molecular flexibility index (Phi) is 4.92. The molecule has 4 aromatic rings. The van der Waals surface area contributed by atoms with E-state index < -0.39 is 17.5 Å². The number of thioether (sulfide) groups is 1. The number of hydrogen-bond acceptors (Lipinski definition) is 3. The first-order valence-corrected chi connectivity index (χ1v) is 9.36. The van der Waals surface area contributed by atoms with Crippen molar-refractivity contribution in [2.45, 2.75) is 10.9 Å². The van der Waals surface area contributed by atoms with Crippen molar-refractivity contribution in [1.29, 1.82) is 0 Å². The van der Waals surface area contributed by atoms with Crippen LogP contribution in [0.2, 0.25) is 0 Å². The van der Waals surface area contributed by atoms with Gasteiger partial charge in [0.2, 0.25) is 0 Å². The molecule has 0 bridgehead atoms. The molecule has 1 aromatic heterocycles. The van der Waals surface area contributed by atoms with Gasteiger partial charge in [0.1, 0.15) is 5.82 Å². The van der Waals surface area contributed by atoms with E-state index in [0.29, 0.717) is 27.3 Å². The maximum absolute atomic E-state index is 13.5. The van der Waals surface area contributed by atoms with Gasteiger partial charge in [-0.25, -0.2) is 18.2 Å². The van der Waals surface area contributed by atoms with E-state index >= 15 is 0 Å². The van der Waals surface area contributed by atoms with Crippen LogP contribution in [0.3, 0.4) is 0 Å². The Hall–Kier alpha value is -3.06. The summed E-state index contributed by atoms with van der Waals surface area (Å²) in [5.74, 6) is -1.98. The van der Waals surface area contributed by atoms with E-state index in [1.54, 1.807) is 24.3 Å². The fraction of sp³-hybridized carbons (Fsp3) is 0.0476. The fourth-order valence-electron chi connectivity index (χ4n) is 2.80. The summed E-state index contributed by atoms with van der Waals surface area (Å²) in [5.41, 5.74) is 1.26. The smallest absolute Gasteiger partial charge is 0.266 e. The molecule has 4 rings (SSSR count). The summed E-state index contributed by atoms with van der Waals surface area (Å²) in [5, 5.41) is 0.809. The number of fused-ring (bicyclic) bond motifs is 1. The second-order valence-corrected chi connectivity index (χ2v) is 7.01. The van der Waals surface area contributed by atoms with Gasteiger partial charge in [0.15, 0.2) is 16.8 Å². The third-order valence-electron chi connectivity index (χ3n) is 4.18. The zero-order chi connectivity index (χ0) is 19.7. The summed E-state index contributed by atoms with van der Waals surface area (Å²) in [4.78, 5) is 17.6. The van der Waals surface area contributed by atoms with E-state index in [4.69, 9.17) is 0 Å². The van der Waals surface area contributed by atoms with Gasteiger partial charge in [-0.3, -0.25) is 9.36 Å². The molecule has 7 heteroatoms. The van der Waals surface area contributed by atoms with Crippen molar-refractivity contribution in [2.24, 2.45) is 0 Å². The molecule has 3 nitrogen and oxygen atoms in total. The van der Waals surface area contributed by atoms with Crippen LogP contribution in [0.4, 0.5) is 13.2 Å². The normalized spacial score (nSPS) is 11.1. The molecule has 1 heterocycles. The van der Waals surface area contributed by atoms with Gasteiger partial charge < -0.3 is 0 Å². The summed E-state index contributed by atoms with van der Waals surface area (Å²) in [6.45, 7) is 0. The third kappa shape index (κ3) is 3.53. The SMILES string of the molecule is O=c1c2ccccc2nc(SCc2ccc(F)c(F)c2)n1-c1ccc(F)cc1. The Morgan fingerprint density at radius 2 is 1.64 bits per heavy atom. The van der Waals surface area contributed by atoms with Crippen molar-refractivity contribution in [3.63, 3.8) is 0 Å². The Labute approximate surface area is 162 Å². The number of para-hydroxylation sites is 1. The van der Waals surface area contributed by atoms with Crippen molar-refractivity contribution in [3.8, 4) is 5.69 Å². The molecule has 0 aliphatic carbocycles. The third-order valence-corrected chi connectivity index (χ3v) is 5.19. The van der Waals surface area contributed by atoms with Crippen LogP contribution >= 0.6 is 11.8 Å². The number of halogens is 3. The number of nitrogens with zero attached hydrogens (tertiary/aromatic N) is 2. The van der Waals surface area contributed by atoms with Gasteiger partial charge in [0.05, 0.1) is 16.6 Å². The first-order valence-electron chi connectivity index (χ1n) is 8.37. The first-order chi connectivity index (χ1) is 13.5. The molecule has 0 spiro atoms. The van der Waals surface area contributed by atoms with Gasteiger partial charge in [-0.15, -0.1) is 0 Å². The Morgan fingerprint density at radius 1 is 0.893 bits per heavy atom. The molecule has 140 valence electrons.